The Labute approximate surface area is 167 Å². The van der Waals surface area contributed by atoms with Crippen LogP contribution in [0.3, 0.4) is 0 Å². The van der Waals surface area contributed by atoms with E-state index in [9.17, 15) is 4.79 Å². The third-order valence-corrected chi connectivity index (χ3v) is 5.10. The van der Waals surface area contributed by atoms with Crippen LogP contribution in [0.4, 0.5) is 11.5 Å². The van der Waals surface area contributed by atoms with Gasteiger partial charge in [0.25, 0.3) is 0 Å². The zero-order chi connectivity index (χ0) is 19.5. The second-order valence-corrected chi connectivity index (χ2v) is 7.24. The van der Waals surface area contributed by atoms with E-state index in [0.717, 1.165) is 30.8 Å². The zero-order valence-electron chi connectivity index (χ0n) is 15.4. The second kappa shape index (κ2) is 7.93. The Balaban J connectivity index is 1.47. The van der Waals surface area contributed by atoms with Gasteiger partial charge in [-0.25, -0.2) is 19.6 Å². The minimum atomic E-state index is -0.143. The minimum Gasteiger partial charge on any atom is -0.356 e. The van der Waals surface area contributed by atoms with E-state index < -0.39 is 0 Å². The van der Waals surface area contributed by atoms with Gasteiger partial charge in [-0.05, 0) is 37.5 Å². The molecule has 0 aliphatic carbocycles. The molecule has 0 radical (unpaired) electrons. The molecular weight excluding hydrogens is 378 g/mol. The molecule has 1 aromatic carbocycles. The second-order valence-electron chi connectivity index (χ2n) is 6.83. The molecule has 1 aliphatic heterocycles. The first-order valence-electron chi connectivity index (χ1n) is 9.09. The van der Waals surface area contributed by atoms with Gasteiger partial charge in [-0.15, -0.1) is 0 Å². The molecule has 1 aliphatic rings. The minimum absolute atomic E-state index is 0.0268. The lowest BCUT2D eigenvalue weighted by Gasteiger charge is -2.33. The van der Waals surface area contributed by atoms with Gasteiger partial charge in [-0.2, -0.15) is 5.10 Å². The van der Waals surface area contributed by atoms with Crippen LogP contribution in [-0.4, -0.2) is 43.7 Å². The summed E-state index contributed by atoms with van der Waals surface area (Å²) in [7, 11) is 0. The molecule has 0 saturated carbocycles. The third-order valence-electron chi connectivity index (χ3n) is 4.79. The number of hydrogen-bond acceptors (Lipinski definition) is 6. The molecule has 0 bridgehead atoms. The van der Waals surface area contributed by atoms with Gasteiger partial charge in [-0.3, -0.25) is 4.79 Å². The number of rotatable bonds is 4. The Morgan fingerprint density at radius 3 is 2.86 bits per heavy atom. The number of aromatic nitrogens is 5. The summed E-state index contributed by atoms with van der Waals surface area (Å²) in [5.74, 6) is 1.24. The molecular formula is C19H20ClN7O. The fourth-order valence-corrected chi connectivity index (χ4v) is 3.60. The number of nitrogens with zero attached hydrogens (tertiary/aromatic N) is 6. The van der Waals surface area contributed by atoms with Crippen LogP contribution in [0.5, 0.6) is 0 Å². The number of carbonyl (C=O) groups excluding carboxylic acids is 1. The molecule has 1 N–H and O–H groups in total. The first kappa shape index (κ1) is 18.4. The molecule has 3 aromatic rings. The molecule has 1 amide bonds. The van der Waals surface area contributed by atoms with E-state index in [4.69, 9.17) is 11.6 Å². The van der Waals surface area contributed by atoms with Gasteiger partial charge < -0.3 is 10.2 Å². The van der Waals surface area contributed by atoms with Crippen molar-refractivity contribution in [2.75, 3.05) is 23.3 Å². The van der Waals surface area contributed by atoms with E-state index in [0.29, 0.717) is 23.1 Å². The SMILES string of the molecule is Cc1ccc(NC(=O)C2CCCN(c3cc(-n4cncn4)ncn3)C2)c(Cl)c1. The van der Waals surface area contributed by atoms with Gasteiger partial charge in [0, 0.05) is 19.2 Å². The van der Waals surface area contributed by atoms with Crippen molar-refractivity contribution in [3.05, 3.63) is 53.8 Å². The fourth-order valence-electron chi connectivity index (χ4n) is 3.32. The van der Waals surface area contributed by atoms with Crippen LogP contribution in [0.15, 0.2) is 43.2 Å². The van der Waals surface area contributed by atoms with Gasteiger partial charge in [0.1, 0.15) is 24.8 Å². The Morgan fingerprint density at radius 1 is 1.21 bits per heavy atom. The van der Waals surface area contributed by atoms with Gasteiger partial charge in [0.05, 0.1) is 16.6 Å². The van der Waals surface area contributed by atoms with Crippen molar-refractivity contribution in [3.63, 3.8) is 0 Å². The van der Waals surface area contributed by atoms with E-state index >= 15 is 0 Å². The van der Waals surface area contributed by atoms with Gasteiger partial charge in [-0.1, -0.05) is 17.7 Å². The third kappa shape index (κ3) is 3.96. The zero-order valence-corrected chi connectivity index (χ0v) is 16.2. The molecule has 1 saturated heterocycles. The van der Waals surface area contributed by atoms with Crippen molar-refractivity contribution >= 4 is 29.0 Å². The van der Waals surface area contributed by atoms with Crippen molar-refractivity contribution in [2.45, 2.75) is 19.8 Å². The Bertz CT molecular complexity index is 976. The molecule has 3 heterocycles. The first-order chi connectivity index (χ1) is 13.6. The molecule has 1 fully saturated rings. The molecule has 28 heavy (non-hydrogen) atoms. The monoisotopic (exact) mass is 397 g/mol. The highest BCUT2D eigenvalue weighted by Gasteiger charge is 2.27. The van der Waals surface area contributed by atoms with Gasteiger partial charge >= 0.3 is 0 Å². The number of amides is 1. The number of aryl methyl sites for hydroxylation is 1. The highest BCUT2D eigenvalue weighted by Crippen LogP contribution is 2.26. The van der Waals surface area contributed by atoms with Crippen LogP contribution in [-0.2, 0) is 4.79 Å². The molecule has 9 heteroatoms. The predicted molar refractivity (Wildman–Crippen MR) is 107 cm³/mol. The van der Waals surface area contributed by atoms with Crippen LogP contribution in [0.25, 0.3) is 5.82 Å². The van der Waals surface area contributed by atoms with Crippen molar-refractivity contribution in [3.8, 4) is 5.82 Å². The smallest absolute Gasteiger partial charge is 0.229 e. The number of hydrogen-bond donors (Lipinski definition) is 1. The Kier molecular flexibility index (Phi) is 5.21. The van der Waals surface area contributed by atoms with Crippen molar-refractivity contribution in [2.24, 2.45) is 5.92 Å². The number of anilines is 2. The number of nitrogens with one attached hydrogen (secondary N) is 1. The highest BCUT2D eigenvalue weighted by atomic mass is 35.5. The van der Waals surface area contributed by atoms with Crippen LogP contribution in [0.1, 0.15) is 18.4 Å². The largest absolute Gasteiger partial charge is 0.356 e. The summed E-state index contributed by atoms with van der Waals surface area (Å²) >= 11 is 6.25. The number of benzene rings is 1. The Hall–Kier alpha value is -3.00. The van der Waals surface area contributed by atoms with Crippen LogP contribution < -0.4 is 10.2 Å². The van der Waals surface area contributed by atoms with Gasteiger partial charge in [0.2, 0.25) is 5.91 Å². The van der Waals surface area contributed by atoms with Gasteiger partial charge in [0.15, 0.2) is 5.82 Å². The molecule has 1 unspecified atom stereocenters. The standard InChI is InChI=1S/C19H20ClN7O/c1-13-4-5-16(15(20)7-13)25-19(28)14-3-2-6-26(9-14)17-8-18(23-11-22-17)27-12-21-10-24-27/h4-5,7-8,10-12,14H,2-3,6,9H2,1H3,(H,25,28). The maximum Gasteiger partial charge on any atom is 0.229 e. The average molecular weight is 398 g/mol. The maximum atomic E-state index is 12.8. The summed E-state index contributed by atoms with van der Waals surface area (Å²) in [6, 6.07) is 7.47. The molecule has 8 nitrogen and oxygen atoms in total. The first-order valence-corrected chi connectivity index (χ1v) is 9.47. The van der Waals surface area contributed by atoms with Crippen LogP contribution in [0, 0.1) is 12.8 Å². The summed E-state index contributed by atoms with van der Waals surface area (Å²) in [5.41, 5.74) is 1.70. The normalized spacial score (nSPS) is 16.8. The average Bonchev–Trinajstić information content (AvgIpc) is 3.25. The number of piperidine rings is 1. The lowest BCUT2D eigenvalue weighted by molar-refractivity contribution is -0.120. The topological polar surface area (TPSA) is 88.8 Å². The molecule has 1 atom stereocenters. The molecule has 4 rings (SSSR count). The van der Waals surface area contributed by atoms with Crippen LogP contribution >= 0.6 is 11.6 Å². The van der Waals surface area contributed by atoms with E-state index in [1.54, 1.807) is 11.0 Å². The number of halogens is 1. The number of carbonyl (C=O) groups is 1. The lowest BCUT2D eigenvalue weighted by Crippen LogP contribution is -2.41. The van der Waals surface area contributed by atoms with Crippen LogP contribution in [0.2, 0.25) is 5.02 Å². The quantitative estimate of drug-likeness (QED) is 0.728. The summed E-state index contributed by atoms with van der Waals surface area (Å²) < 4.78 is 1.58. The predicted octanol–water partition coefficient (Wildman–Crippen LogP) is 2.87. The lowest BCUT2D eigenvalue weighted by atomic mass is 9.97. The summed E-state index contributed by atoms with van der Waals surface area (Å²) in [5, 5.41) is 7.61. The highest BCUT2D eigenvalue weighted by molar-refractivity contribution is 6.33. The van der Waals surface area contributed by atoms with E-state index in [1.807, 2.05) is 31.2 Å². The summed E-state index contributed by atoms with van der Waals surface area (Å²) in [4.78, 5) is 27.4. The van der Waals surface area contributed by atoms with E-state index in [-0.39, 0.29) is 11.8 Å². The van der Waals surface area contributed by atoms with E-state index in [2.05, 4.69) is 30.3 Å². The van der Waals surface area contributed by atoms with E-state index in [1.165, 1.54) is 12.7 Å². The molecule has 2 aromatic heterocycles. The van der Waals surface area contributed by atoms with Crippen molar-refractivity contribution < 1.29 is 4.79 Å². The Morgan fingerprint density at radius 2 is 2.07 bits per heavy atom. The van der Waals surface area contributed by atoms with Crippen molar-refractivity contribution in [1.29, 1.82) is 0 Å². The summed E-state index contributed by atoms with van der Waals surface area (Å²) in [6.45, 7) is 3.39. The summed E-state index contributed by atoms with van der Waals surface area (Å²) in [6.07, 6.45) is 6.28. The van der Waals surface area contributed by atoms with Crippen molar-refractivity contribution in [1.82, 2.24) is 24.7 Å². The molecule has 0 spiro atoms. The maximum absolute atomic E-state index is 12.8. The fraction of sp³-hybridized carbons (Fsp3) is 0.316. The molecule has 144 valence electrons.